The van der Waals surface area contributed by atoms with Crippen molar-refractivity contribution >= 4 is 22.4 Å². The smallest absolute Gasteiger partial charge is 0.247 e. The first-order valence-corrected chi connectivity index (χ1v) is 6.66. The number of benzene rings is 1. The highest BCUT2D eigenvalue weighted by molar-refractivity contribution is 7.09. The minimum Gasteiger partial charge on any atom is -0.435 e. The Kier molecular flexibility index (Phi) is 2.85. The fraction of sp³-hybridized carbons (Fsp3) is 0.231. The van der Waals surface area contributed by atoms with Crippen molar-refractivity contribution in [2.45, 2.75) is 13.3 Å². The molecule has 3 rings (SSSR count). The molecule has 2 N–H and O–H groups in total. The summed E-state index contributed by atoms with van der Waals surface area (Å²) in [4.78, 5) is 8.93. The monoisotopic (exact) mass is 259 g/mol. The van der Waals surface area contributed by atoms with Crippen molar-refractivity contribution in [3.05, 3.63) is 34.2 Å². The Labute approximate surface area is 108 Å². The molecule has 0 amide bonds. The molecule has 0 saturated carbocycles. The van der Waals surface area contributed by atoms with Crippen LogP contribution in [-0.2, 0) is 6.42 Å². The Balaban J connectivity index is 2.02. The summed E-state index contributed by atoms with van der Waals surface area (Å²) in [6.45, 7) is 2.65. The third-order valence-electron chi connectivity index (χ3n) is 2.67. The zero-order valence-electron chi connectivity index (χ0n) is 10.0. The highest BCUT2D eigenvalue weighted by Crippen LogP contribution is 2.26. The van der Waals surface area contributed by atoms with Gasteiger partial charge in [0.05, 0.1) is 5.01 Å². The van der Waals surface area contributed by atoms with Crippen LogP contribution in [0, 0.1) is 6.92 Å². The lowest BCUT2D eigenvalue weighted by Crippen LogP contribution is -2.01. The predicted molar refractivity (Wildman–Crippen MR) is 72.6 cm³/mol. The summed E-state index contributed by atoms with van der Waals surface area (Å²) >= 11 is 1.59. The maximum Gasteiger partial charge on any atom is 0.247 e. The normalized spacial score (nSPS) is 11.2. The lowest BCUT2D eigenvalue weighted by atomic mass is 10.2. The molecule has 2 heterocycles. The molecule has 5 heteroatoms. The van der Waals surface area contributed by atoms with E-state index >= 15 is 0 Å². The van der Waals surface area contributed by atoms with Crippen molar-refractivity contribution in [3.8, 4) is 11.6 Å². The number of fused-ring (bicyclic) bond motifs is 1. The van der Waals surface area contributed by atoms with E-state index < -0.39 is 0 Å². The molecule has 0 atom stereocenters. The van der Waals surface area contributed by atoms with Crippen molar-refractivity contribution in [3.63, 3.8) is 0 Å². The number of aromatic nitrogens is 2. The molecule has 0 aliphatic heterocycles. The van der Waals surface area contributed by atoms with Crippen molar-refractivity contribution in [1.82, 2.24) is 9.97 Å². The summed E-state index contributed by atoms with van der Waals surface area (Å²) in [5, 5.41) is 2.98. The van der Waals surface area contributed by atoms with Crippen LogP contribution in [0.3, 0.4) is 0 Å². The number of hydrogen-bond acceptors (Lipinski definition) is 5. The van der Waals surface area contributed by atoms with Crippen LogP contribution in [0.15, 0.2) is 28.0 Å². The number of nitrogens with zero attached hydrogens (tertiary/aromatic N) is 2. The molecule has 2 aromatic heterocycles. The molecule has 0 bridgehead atoms. The molecule has 92 valence electrons. The Morgan fingerprint density at radius 2 is 2.22 bits per heavy atom. The van der Waals surface area contributed by atoms with Gasteiger partial charge in [0, 0.05) is 11.8 Å². The van der Waals surface area contributed by atoms with Crippen LogP contribution in [0.1, 0.15) is 10.6 Å². The van der Waals surface area contributed by atoms with E-state index in [9.17, 15) is 0 Å². The SMILES string of the molecule is Cc1ccc2oc(-c3csc(CCN)n3)nc2c1. The van der Waals surface area contributed by atoms with Crippen LogP contribution in [0.25, 0.3) is 22.7 Å². The van der Waals surface area contributed by atoms with E-state index in [0.717, 1.165) is 28.2 Å². The van der Waals surface area contributed by atoms with E-state index in [2.05, 4.69) is 9.97 Å². The Morgan fingerprint density at radius 1 is 1.33 bits per heavy atom. The van der Waals surface area contributed by atoms with Gasteiger partial charge >= 0.3 is 0 Å². The molecule has 0 spiro atoms. The van der Waals surface area contributed by atoms with Crippen molar-refractivity contribution < 1.29 is 4.42 Å². The van der Waals surface area contributed by atoms with Gasteiger partial charge < -0.3 is 10.2 Å². The quantitative estimate of drug-likeness (QED) is 0.785. The topological polar surface area (TPSA) is 64.9 Å². The second kappa shape index (κ2) is 4.51. The minimum atomic E-state index is 0.579. The van der Waals surface area contributed by atoms with Gasteiger partial charge in [-0.2, -0.15) is 0 Å². The van der Waals surface area contributed by atoms with Crippen LogP contribution in [0.5, 0.6) is 0 Å². The Morgan fingerprint density at radius 3 is 3.06 bits per heavy atom. The highest BCUT2D eigenvalue weighted by Gasteiger charge is 2.11. The first kappa shape index (κ1) is 11.4. The van der Waals surface area contributed by atoms with Crippen LogP contribution in [0.2, 0.25) is 0 Å². The second-order valence-corrected chi connectivity index (χ2v) is 5.10. The van der Waals surface area contributed by atoms with E-state index in [-0.39, 0.29) is 0 Å². The number of thiazole rings is 1. The summed E-state index contributed by atoms with van der Waals surface area (Å²) in [6.07, 6.45) is 0.796. The van der Waals surface area contributed by atoms with Crippen LogP contribution < -0.4 is 5.73 Å². The van der Waals surface area contributed by atoms with Gasteiger partial charge in [-0.15, -0.1) is 11.3 Å². The molecule has 0 aliphatic carbocycles. The molecule has 1 aromatic carbocycles. The summed E-state index contributed by atoms with van der Waals surface area (Å²) < 4.78 is 5.70. The number of rotatable bonds is 3. The van der Waals surface area contributed by atoms with E-state index in [0.29, 0.717) is 12.4 Å². The van der Waals surface area contributed by atoms with Gasteiger partial charge in [0.15, 0.2) is 5.58 Å². The van der Waals surface area contributed by atoms with E-state index in [1.165, 1.54) is 5.56 Å². The summed E-state index contributed by atoms with van der Waals surface area (Å²) in [7, 11) is 0. The molecule has 18 heavy (non-hydrogen) atoms. The molecule has 4 nitrogen and oxygen atoms in total. The Hall–Kier alpha value is -1.72. The van der Waals surface area contributed by atoms with Gasteiger partial charge in [-0.3, -0.25) is 0 Å². The van der Waals surface area contributed by atoms with Gasteiger partial charge in [-0.05, 0) is 31.2 Å². The van der Waals surface area contributed by atoms with Gasteiger partial charge in [0.25, 0.3) is 0 Å². The molecular weight excluding hydrogens is 246 g/mol. The van der Waals surface area contributed by atoms with E-state index in [1.807, 2.05) is 30.5 Å². The lowest BCUT2D eigenvalue weighted by molar-refractivity contribution is 0.617. The fourth-order valence-corrected chi connectivity index (χ4v) is 2.58. The van der Waals surface area contributed by atoms with E-state index in [1.54, 1.807) is 11.3 Å². The van der Waals surface area contributed by atoms with Gasteiger partial charge in [-0.25, -0.2) is 9.97 Å². The summed E-state index contributed by atoms with van der Waals surface area (Å²) in [6, 6.07) is 5.96. The average molecular weight is 259 g/mol. The van der Waals surface area contributed by atoms with E-state index in [4.69, 9.17) is 10.2 Å². The maximum atomic E-state index is 5.70. The first-order valence-electron chi connectivity index (χ1n) is 5.78. The molecule has 0 fully saturated rings. The Bertz CT molecular complexity index is 686. The van der Waals surface area contributed by atoms with Crippen molar-refractivity contribution in [2.24, 2.45) is 5.73 Å². The summed E-state index contributed by atoms with van der Waals surface area (Å²) in [5.41, 5.74) is 9.14. The third kappa shape index (κ3) is 2.02. The van der Waals surface area contributed by atoms with Crippen molar-refractivity contribution in [1.29, 1.82) is 0 Å². The number of oxazole rings is 1. The highest BCUT2D eigenvalue weighted by atomic mass is 32.1. The standard InChI is InChI=1S/C13H13N3OS/c1-8-2-3-11-9(6-8)16-13(17-11)10-7-18-12(15-10)4-5-14/h2-3,6-7H,4-5,14H2,1H3. The maximum absolute atomic E-state index is 5.70. The first-order chi connectivity index (χ1) is 8.76. The van der Waals surface area contributed by atoms with Crippen LogP contribution >= 0.6 is 11.3 Å². The zero-order valence-corrected chi connectivity index (χ0v) is 10.8. The molecule has 0 aliphatic rings. The summed E-state index contributed by atoms with van der Waals surface area (Å²) in [5.74, 6) is 0.579. The number of nitrogens with two attached hydrogens (primary N) is 1. The number of aryl methyl sites for hydroxylation is 1. The zero-order chi connectivity index (χ0) is 12.5. The van der Waals surface area contributed by atoms with Crippen molar-refractivity contribution in [2.75, 3.05) is 6.54 Å². The molecule has 0 saturated heterocycles. The van der Waals surface area contributed by atoms with Gasteiger partial charge in [0.2, 0.25) is 5.89 Å². The lowest BCUT2D eigenvalue weighted by Gasteiger charge is -1.88. The van der Waals surface area contributed by atoms with Gasteiger partial charge in [-0.1, -0.05) is 6.07 Å². The molecule has 0 unspecified atom stereocenters. The largest absolute Gasteiger partial charge is 0.435 e. The van der Waals surface area contributed by atoms with Crippen LogP contribution in [-0.4, -0.2) is 16.5 Å². The average Bonchev–Trinajstić information content (AvgIpc) is 2.94. The third-order valence-corrected chi connectivity index (χ3v) is 3.58. The second-order valence-electron chi connectivity index (χ2n) is 4.16. The minimum absolute atomic E-state index is 0.579. The molecular formula is C13H13N3OS. The molecule has 3 aromatic rings. The fourth-order valence-electron chi connectivity index (χ4n) is 1.79. The molecule has 0 radical (unpaired) electrons. The predicted octanol–water partition coefficient (Wildman–Crippen LogP) is 2.76. The van der Waals surface area contributed by atoms with Crippen LogP contribution in [0.4, 0.5) is 0 Å². The van der Waals surface area contributed by atoms with Gasteiger partial charge in [0.1, 0.15) is 11.2 Å². The number of hydrogen-bond donors (Lipinski definition) is 1.